The molecule has 1 aromatic rings. The van der Waals surface area contributed by atoms with Crippen LogP contribution in [0.1, 0.15) is 51.9 Å². The number of halogens is 2. The van der Waals surface area contributed by atoms with Gasteiger partial charge in [-0.2, -0.15) is 0 Å². The van der Waals surface area contributed by atoms with Crippen molar-refractivity contribution in [1.29, 1.82) is 0 Å². The van der Waals surface area contributed by atoms with Crippen molar-refractivity contribution >= 4 is 18.6 Å². The Bertz CT molecular complexity index is 548. The smallest absolute Gasteiger partial charge is 0.465 e. The van der Waals surface area contributed by atoms with Crippen LogP contribution in [0.3, 0.4) is 0 Å². The normalized spacial score (nSPS) is 18.2. The fraction of sp³-hybridized carbons (Fsp3) is 0.562. The number of carbonyl (C=O) groups excluding carboxylic acids is 1. The van der Waals surface area contributed by atoms with E-state index in [4.69, 9.17) is 9.31 Å². The lowest BCUT2D eigenvalue weighted by atomic mass is 9.78. The van der Waals surface area contributed by atoms with E-state index in [9.17, 15) is 13.6 Å². The molecule has 0 bridgehead atoms. The summed E-state index contributed by atoms with van der Waals surface area (Å²) >= 11 is 0. The minimum absolute atomic E-state index is 0.177. The van der Waals surface area contributed by atoms with Crippen LogP contribution in [0.4, 0.5) is 8.78 Å². The van der Waals surface area contributed by atoms with E-state index in [1.54, 1.807) is 0 Å². The molecule has 0 amide bonds. The second kappa shape index (κ2) is 6.97. The Kier molecular flexibility index (Phi) is 5.93. The first-order valence-corrected chi connectivity index (χ1v) is 7.52. The van der Waals surface area contributed by atoms with Crippen LogP contribution in [0.5, 0.6) is 0 Å². The van der Waals surface area contributed by atoms with Crippen LogP contribution in [0.2, 0.25) is 0 Å². The third-order valence-electron chi connectivity index (χ3n) is 3.98. The fourth-order valence-electron chi connectivity index (χ4n) is 2.01. The number of benzene rings is 1. The number of hydrogen-bond acceptors (Lipinski definition) is 4. The molecular formula is C16H23BF2O4. The van der Waals surface area contributed by atoms with Gasteiger partial charge in [0.1, 0.15) is 17.2 Å². The van der Waals surface area contributed by atoms with Crippen molar-refractivity contribution in [3.05, 3.63) is 29.3 Å². The molecule has 0 radical (unpaired) electrons. The molecule has 1 aliphatic heterocycles. The van der Waals surface area contributed by atoms with Crippen LogP contribution in [0, 0.1) is 11.6 Å². The van der Waals surface area contributed by atoms with Crippen molar-refractivity contribution in [3.63, 3.8) is 0 Å². The molecule has 0 N–H and O–H groups in total. The van der Waals surface area contributed by atoms with E-state index in [1.807, 2.05) is 41.5 Å². The van der Waals surface area contributed by atoms with Gasteiger partial charge >= 0.3 is 13.1 Å². The average Bonchev–Trinajstić information content (AvgIpc) is 2.68. The zero-order valence-electron chi connectivity index (χ0n) is 14.6. The minimum Gasteiger partial charge on any atom is -0.465 e. The van der Waals surface area contributed by atoms with Gasteiger partial charge in [0.25, 0.3) is 0 Å². The molecule has 1 aromatic carbocycles. The summed E-state index contributed by atoms with van der Waals surface area (Å²) in [6.07, 6.45) is 0. The Labute approximate surface area is 136 Å². The summed E-state index contributed by atoms with van der Waals surface area (Å²) in [5, 5.41) is 0. The Morgan fingerprint density at radius 2 is 1.43 bits per heavy atom. The van der Waals surface area contributed by atoms with Gasteiger partial charge in [-0.25, -0.2) is 13.6 Å². The fourth-order valence-corrected chi connectivity index (χ4v) is 2.01. The number of ether oxygens (including phenoxy) is 1. The van der Waals surface area contributed by atoms with Gasteiger partial charge in [0.2, 0.25) is 0 Å². The van der Waals surface area contributed by atoms with Gasteiger partial charge in [0.15, 0.2) is 0 Å². The Morgan fingerprint density at radius 1 is 1.04 bits per heavy atom. The first-order chi connectivity index (χ1) is 10.6. The van der Waals surface area contributed by atoms with Crippen molar-refractivity contribution in [2.24, 2.45) is 0 Å². The zero-order chi connectivity index (χ0) is 18.0. The van der Waals surface area contributed by atoms with Crippen molar-refractivity contribution in [2.45, 2.75) is 52.7 Å². The summed E-state index contributed by atoms with van der Waals surface area (Å²) in [5.74, 6) is -3.08. The van der Waals surface area contributed by atoms with Crippen LogP contribution < -0.4 is 5.46 Å². The Hall–Kier alpha value is -1.47. The topological polar surface area (TPSA) is 44.8 Å². The van der Waals surface area contributed by atoms with Crippen LogP contribution in [-0.2, 0) is 14.0 Å². The van der Waals surface area contributed by atoms with E-state index < -0.39 is 41.5 Å². The summed E-state index contributed by atoms with van der Waals surface area (Å²) in [7, 11) is 0.161. The van der Waals surface area contributed by atoms with Gasteiger partial charge in [-0.15, -0.1) is 0 Å². The summed E-state index contributed by atoms with van der Waals surface area (Å²) in [4.78, 5) is 11.3. The molecule has 0 unspecified atom stereocenters. The highest BCUT2D eigenvalue weighted by atomic mass is 19.1. The van der Waals surface area contributed by atoms with Gasteiger partial charge in [0, 0.05) is 0 Å². The second-order valence-corrected chi connectivity index (χ2v) is 5.94. The predicted octanol–water partition coefficient (Wildman–Crippen LogP) is 3.08. The summed E-state index contributed by atoms with van der Waals surface area (Å²) in [6.45, 7) is 11.3. The molecule has 1 saturated heterocycles. The van der Waals surface area contributed by atoms with Gasteiger partial charge < -0.3 is 14.0 Å². The van der Waals surface area contributed by atoms with E-state index in [-0.39, 0.29) is 5.46 Å². The van der Waals surface area contributed by atoms with Crippen LogP contribution in [-0.4, -0.2) is 31.4 Å². The SMILES string of the molecule is CC.COC(=O)c1c(F)cc(B2OC(C)(C)C(C)(C)O2)cc1F. The average molecular weight is 328 g/mol. The van der Waals surface area contributed by atoms with Crippen molar-refractivity contribution < 1.29 is 27.6 Å². The second-order valence-electron chi connectivity index (χ2n) is 5.94. The number of methoxy groups -OCH3 is 1. The molecule has 7 heteroatoms. The lowest BCUT2D eigenvalue weighted by Crippen LogP contribution is -2.41. The standard InChI is InChI=1S/C14H17BF2O4.C2H6/c1-13(2)14(3,4)21-15(20-13)8-6-9(16)11(10(17)7-8)12(18)19-5;1-2/h6-7H,1-5H3;1-2H3. The van der Waals surface area contributed by atoms with Crippen molar-refractivity contribution in [3.8, 4) is 0 Å². The highest BCUT2D eigenvalue weighted by Gasteiger charge is 2.52. The molecule has 1 heterocycles. The van der Waals surface area contributed by atoms with Crippen LogP contribution in [0.25, 0.3) is 0 Å². The molecule has 2 rings (SSSR count). The maximum atomic E-state index is 13.9. The summed E-state index contributed by atoms with van der Waals surface area (Å²) in [6, 6.07) is 2.05. The molecule has 128 valence electrons. The number of rotatable bonds is 2. The molecule has 0 saturated carbocycles. The number of esters is 1. The highest BCUT2D eigenvalue weighted by Crippen LogP contribution is 2.36. The van der Waals surface area contributed by atoms with Gasteiger partial charge in [0.05, 0.1) is 18.3 Å². The summed E-state index contributed by atoms with van der Waals surface area (Å²) in [5.41, 5.74) is -1.79. The molecule has 0 aromatic heterocycles. The molecule has 0 spiro atoms. The first-order valence-electron chi connectivity index (χ1n) is 7.52. The highest BCUT2D eigenvalue weighted by molar-refractivity contribution is 6.62. The van der Waals surface area contributed by atoms with Gasteiger partial charge in [-0.1, -0.05) is 13.8 Å². The molecule has 1 fully saturated rings. The molecule has 4 nitrogen and oxygen atoms in total. The quantitative estimate of drug-likeness (QED) is 0.618. The molecule has 1 aliphatic rings. The molecule has 0 aliphatic carbocycles. The maximum Gasteiger partial charge on any atom is 0.495 e. The third kappa shape index (κ3) is 3.72. The zero-order valence-corrected chi connectivity index (χ0v) is 14.6. The monoisotopic (exact) mass is 328 g/mol. The van der Waals surface area contributed by atoms with Crippen LogP contribution >= 0.6 is 0 Å². The lowest BCUT2D eigenvalue weighted by molar-refractivity contribution is 0.00578. The van der Waals surface area contributed by atoms with E-state index >= 15 is 0 Å². The van der Waals surface area contributed by atoms with E-state index in [0.717, 1.165) is 19.2 Å². The maximum absolute atomic E-state index is 13.9. The van der Waals surface area contributed by atoms with Crippen molar-refractivity contribution in [1.82, 2.24) is 0 Å². The summed E-state index contributed by atoms with van der Waals surface area (Å²) < 4.78 is 43.6. The molecule has 23 heavy (non-hydrogen) atoms. The number of carbonyl (C=O) groups is 1. The lowest BCUT2D eigenvalue weighted by Gasteiger charge is -2.32. The van der Waals surface area contributed by atoms with E-state index in [1.165, 1.54) is 0 Å². The van der Waals surface area contributed by atoms with Gasteiger partial charge in [-0.05, 0) is 45.3 Å². The molecule has 0 atom stereocenters. The van der Waals surface area contributed by atoms with Gasteiger partial charge in [-0.3, -0.25) is 0 Å². The minimum atomic E-state index is -1.06. The number of hydrogen-bond donors (Lipinski definition) is 0. The first kappa shape index (κ1) is 19.6. The molecular weight excluding hydrogens is 305 g/mol. The Balaban J connectivity index is 0.00000127. The van der Waals surface area contributed by atoms with E-state index in [0.29, 0.717) is 0 Å². The Morgan fingerprint density at radius 3 is 1.78 bits per heavy atom. The largest absolute Gasteiger partial charge is 0.495 e. The van der Waals surface area contributed by atoms with Crippen LogP contribution in [0.15, 0.2) is 12.1 Å². The van der Waals surface area contributed by atoms with Crippen molar-refractivity contribution in [2.75, 3.05) is 7.11 Å². The third-order valence-corrected chi connectivity index (χ3v) is 3.98. The predicted molar refractivity (Wildman–Crippen MR) is 84.8 cm³/mol. The van der Waals surface area contributed by atoms with E-state index in [2.05, 4.69) is 4.74 Å².